The zero-order valence-electron chi connectivity index (χ0n) is 10.8. The fraction of sp³-hybridized carbons (Fsp3) is 0.200. The van der Waals surface area contributed by atoms with Crippen molar-refractivity contribution in [2.75, 3.05) is 7.11 Å². The maximum atomic E-state index is 13.8. The number of halogens is 3. The van der Waals surface area contributed by atoms with Gasteiger partial charge in [-0.15, -0.1) is 0 Å². The van der Waals surface area contributed by atoms with E-state index in [0.717, 1.165) is 15.8 Å². The van der Waals surface area contributed by atoms with E-state index in [4.69, 9.17) is 9.47 Å². The molecule has 2 aromatic rings. The Hall–Kier alpha value is -1.07. The molecule has 2 nitrogen and oxygen atoms in total. The van der Waals surface area contributed by atoms with E-state index in [1.165, 1.54) is 13.2 Å². The predicted octanol–water partition coefficient (Wildman–Crippen LogP) is 5.07. The number of rotatable bonds is 5. The van der Waals surface area contributed by atoms with E-state index >= 15 is 0 Å². The average molecular weight is 404 g/mol. The number of methoxy groups -OCH3 is 1. The van der Waals surface area contributed by atoms with Gasteiger partial charge in [0.1, 0.15) is 23.9 Å². The quantitative estimate of drug-likeness (QED) is 0.648. The second-order valence-corrected chi connectivity index (χ2v) is 5.61. The molecule has 0 atom stereocenters. The van der Waals surface area contributed by atoms with Crippen LogP contribution in [0, 0.1) is 5.82 Å². The Balaban J connectivity index is 2.12. The molecule has 0 aliphatic carbocycles. The SMILES string of the molecule is COc1ccc(COc2ccc(Br)cc2CBr)c(F)c1. The van der Waals surface area contributed by atoms with Crippen molar-refractivity contribution in [3.05, 3.63) is 57.8 Å². The Kier molecular flexibility index (Phi) is 5.43. The minimum atomic E-state index is -0.332. The third-order valence-electron chi connectivity index (χ3n) is 2.81. The zero-order valence-corrected chi connectivity index (χ0v) is 14.0. The van der Waals surface area contributed by atoms with Crippen LogP contribution in [-0.2, 0) is 11.9 Å². The smallest absolute Gasteiger partial charge is 0.133 e. The lowest BCUT2D eigenvalue weighted by atomic mass is 10.2. The molecular weight excluding hydrogens is 391 g/mol. The summed E-state index contributed by atoms with van der Waals surface area (Å²) in [6, 6.07) is 10.5. The summed E-state index contributed by atoms with van der Waals surface area (Å²) in [5.41, 5.74) is 1.50. The van der Waals surface area contributed by atoms with Gasteiger partial charge in [-0.2, -0.15) is 0 Å². The van der Waals surface area contributed by atoms with Gasteiger partial charge in [0, 0.05) is 27.0 Å². The monoisotopic (exact) mass is 402 g/mol. The lowest BCUT2D eigenvalue weighted by Gasteiger charge is -2.11. The van der Waals surface area contributed by atoms with Crippen molar-refractivity contribution in [2.24, 2.45) is 0 Å². The van der Waals surface area contributed by atoms with Gasteiger partial charge in [0.2, 0.25) is 0 Å². The Labute approximate surface area is 134 Å². The van der Waals surface area contributed by atoms with E-state index in [1.54, 1.807) is 12.1 Å². The van der Waals surface area contributed by atoms with Gasteiger partial charge in [0.15, 0.2) is 0 Å². The summed E-state index contributed by atoms with van der Waals surface area (Å²) in [7, 11) is 1.51. The van der Waals surface area contributed by atoms with Gasteiger partial charge in [-0.3, -0.25) is 0 Å². The van der Waals surface area contributed by atoms with Gasteiger partial charge < -0.3 is 9.47 Å². The first kappa shape index (κ1) is 15.3. The number of hydrogen-bond donors (Lipinski definition) is 0. The molecule has 0 fully saturated rings. The van der Waals surface area contributed by atoms with Gasteiger partial charge in [-0.05, 0) is 30.3 Å². The lowest BCUT2D eigenvalue weighted by Crippen LogP contribution is -2.00. The molecule has 20 heavy (non-hydrogen) atoms. The topological polar surface area (TPSA) is 18.5 Å². The molecule has 0 amide bonds. The molecule has 0 spiro atoms. The molecular formula is C15H13Br2FO2. The Morgan fingerprint density at radius 1 is 1.10 bits per heavy atom. The number of alkyl halides is 1. The van der Waals surface area contributed by atoms with Crippen molar-refractivity contribution >= 4 is 31.9 Å². The van der Waals surface area contributed by atoms with Crippen LogP contribution in [0.2, 0.25) is 0 Å². The van der Waals surface area contributed by atoms with Gasteiger partial charge in [0.05, 0.1) is 7.11 Å². The predicted molar refractivity (Wildman–Crippen MR) is 84.1 cm³/mol. The van der Waals surface area contributed by atoms with Gasteiger partial charge >= 0.3 is 0 Å². The summed E-state index contributed by atoms with van der Waals surface area (Å²) >= 11 is 6.82. The van der Waals surface area contributed by atoms with Crippen LogP contribution in [0.25, 0.3) is 0 Å². The van der Waals surface area contributed by atoms with Crippen LogP contribution in [-0.4, -0.2) is 7.11 Å². The zero-order chi connectivity index (χ0) is 14.5. The molecule has 0 heterocycles. The number of benzene rings is 2. The minimum Gasteiger partial charge on any atom is -0.497 e. The Morgan fingerprint density at radius 3 is 2.55 bits per heavy atom. The van der Waals surface area contributed by atoms with Crippen LogP contribution in [0.4, 0.5) is 4.39 Å². The highest BCUT2D eigenvalue weighted by atomic mass is 79.9. The highest BCUT2D eigenvalue weighted by Crippen LogP contribution is 2.26. The summed E-state index contributed by atoms with van der Waals surface area (Å²) in [5.74, 6) is 0.901. The van der Waals surface area contributed by atoms with Crippen molar-refractivity contribution in [1.29, 1.82) is 0 Å². The van der Waals surface area contributed by atoms with E-state index in [1.807, 2.05) is 18.2 Å². The average Bonchev–Trinajstić information content (AvgIpc) is 2.46. The Morgan fingerprint density at radius 2 is 1.90 bits per heavy atom. The largest absolute Gasteiger partial charge is 0.497 e. The molecule has 0 aliphatic heterocycles. The molecule has 5 heteroatoms. The van der Waals surface area contributed by atoms with Gasteiger partial charge in [-0.25, -0.2) is 4.39 Å². The number of hydrogen-bond acceptors (Lipinski definition) is 2. The highest BCUT2D eigenvalue weighted by molar-refractivity contribution is 9.10. The molecule has 106 valence electrons. The van der Waals surface area contributed by atoms with Crippen molar-refractivity contribution in [1.82, 2.24) is 0 Å². The molecule has 0 aliphatic rings. The van der Waals surface area contributed by atoms with Gasteiger partial charge in [0.25, 0.3) is 0 Å². The maximum absolute atomic E-state index is 13.8. The van der Waals surface area contributed by atoms with E-state index in [-0.39, 0.29) is 12.4 Å². The molecule has 0 aromatic heterocycles. The highest BCUT2D eigenvalue weighted by Gasteiger charge is 2.07. The Bertz CT molecular complexity index is 602. The summed E-state index contributed by atoms with van der Waals surface area (Å²) < 4.78 is 25.5. The first-order valence-electron chi connectivity index (χ1n) is 5.93. The normalized spacial score (nSPS) is 10.4. The first-order chi connectivity index (χ1) is 9.63. The second kappa shape index (κ2) is 7.09. The summed E-state index contributed by atoms with van der Waals surface area (Å²) in [4.78, 5) is 0. The van der Waals surface area contributed by atoms with Crippen molar-refractivity contribution < 1.29 is 13.9 Å². The van der Waals surface area contributed by atoms with Crippen molar-refractivity contribution in [3.8, 4) is 11.5 Å². The van der Waals surface area contributed by atoms with Crippen LogP contribution in [0.15, 0.2) is 40.9 Å². The fourth-order valence-electron chi connectivity index (χ4n) is 1.72. The van der Waals surface area contributed by atoms with Gasteiger partial charge in [-0.1, -0.05) is 31.9 Å². The van der Waals surface area contributed by atoms with E-state index in [2.05, 4.69) is 31.9 Å². The molecule has 2 rings (SSSR count). The summed E-state index contributed by atoms with van der Waals surface area (Å²) in [5, 5.41) is 0.673. The fourth-order valence-corrected chi connectivity index (χ4v) is 2.57. The maximum Gasteiger partial charge on any atom is 0.133 e. The minimum absolute atomic E-state index is 0.178. The molecule has 2 aromatic carbocycles. The van der Waals surface area contributed by atoms with Crippen molar-refractivity contribution in [3.63, 3.8) is 0 Å². The van der Waals surface area contributed by atoms with E-state index in [9.17, 15) is 4.39 Å². The summed E-state index contributed by atoms with van der Waals surface area (Å²) in [6.45, 7) is 0.178. The van der Waals surface area contributed by atoms with E-state index < -0.39 is 0 Å². The first-order valence-corrected chi connectivity index (χ1v) is 7.85. The van der Waals surface area contributed by atoms with Crippen LogP contribution in [0.1, 0.15) is 11.1 Å². The van der Waals surface area contributed by atoms with Crippen LogP contribution in [0.3, 0.4) is 0 Å². The van der Waals surface area contributed by atoms with Crippen LogP contribution >= 0.6 is 31.9 Å². The third-order valence-corrected chi connectivity index (χ3v) is 3.91. The van der Waals surface area contributed by atoms with Crippen LogP contribution in [0.5, 0.6) is 11.5 Å². The molecule has 0 unspecified atom stereocenters. The standard InChI is InChI=1S/C15H13Br2FO2/c1-19-13-4-2-10(14(18)7-13)9-20-15-5-3-12(17)6-11(15)8-16/h2-7H,8-9H2,1H3. The molecule has 0 saturated heterocycles. The number of ether oxygens (including phenoxy) is 2. The summed E-state index contributed by atoms with van der Waals surface area (Å²) in [6.07, 6.45) is 0. The molecule has 0 radical (unpaired) electrons. The van der Waals surface area contributed by atoms with Crippen LogP contribution < -0.4 is 9.47 Å². The third kappa shape index (κ3) is 3.73. The van der Waals surface area contributed by atoms with Crippen molar-refractivity contribution in [2.45, 2.75) is 11.9 Å². The molecule has 0 bridgehead atoms. The molecule has 0 saturated carbocycles. The molecule has 0 N–H and O–H groups in total. The lowest BCUT2D eigenvalue weighted by molar-refractivity contribution is 0.297. The van der Waals surface area contributed by atoms with E-state index in [0.29, 0.717) is 16.6 Å². The second-order valence-electron chi connectivity index (χ2n) is 4.13.